The maximum absolute atomic E-state index is 13.3. The van der Waals surface area contributed by atoms with E-state index in [1.807, 2.05) is 27.9 Å². The summed E-state index contributed by atoms with van der Waals surface area (Å²) in [6.07, 6.45) is 4.20. The van der Waals surface area contributed by atoms with Crippen molar-refractivity contribution in [3.63, 3.8) is 0 Å². The monoisotopic (exact) mass is 398 g/mol. The van der Waals surface area contributed by atoms with Crippen LogP contribution in [0.4, 0.5) is 5.69 Å². The van der Waals surface area contributed by atoms with Crippen molar-refractivity contribution in [1.82, 2.24) is 15.3 Å². The molecule has 1 aliphatic carbocycles. The Hall–Kier alpha value is -1.89. The van der Waals surface area contributed by atoms with E-state index < -0.39 is 0 Å². The van der Waals surface area contributed by atoms with Gasteiger partial charge in [-0.25, -0.2) is 5.06 Å². The fourth-order valence-electron chi connectivity index (χ4n) is 4.82. The van der Waals surface area contributed by atoms with Crippen LogP contribution in [-0.4, -0.2) is 68.3 Å². The van der Waals surface area contributed by atoms with Gasteiger partial charge in [0.2, 0.25) is 0 Å². The normalized spacial score (nSPS) is 24.8. The number of carbonyl (C=O) groups excluding carboxylic acids is 1. The number of rotatable bonds is 7. The molecule has 0 saturated carbocycles. The summed E-state index contributed by atoms with van der Waals surface area (Å²) in [5.74, 6) is 0.422. The first-order valence-electron chi connectivity index (χ1n) is 10.9. The molecule has 2 aliphatic heterocycles. The van der Waals surface area contributed by atoms with Gasteiger partial charge in [-0.2, -0.15) is 0 Å². The van der Waals surface area contributed by atoms with Crippen LogP contribution < -0.4 is 10.6 Å². The summed E-state index contributed by atoms with van der Waals surface area (Å²) in [7, 11) is 4.10. The van der Waals surface area contributed by atoms with Crippen molar-refractivity contribution in [1.29, 1.82) is 0 Å². The Morgan fingerprint density at radius 2 is 2.10 bits per heavy atom. The van der Waals surface area contributed by atoms with Crippen LogP contribution in [0.3, 0.4) is 0 Å². The molecule has 2 heterocycles. The summed E-state index contributed by atoms with van der Waals surface area (Å²) >= 11 is 0. The van der Waals surface area contributed by atoms with Crippen LogP contribution in [-0.2, 0) is 9.63 Å². The van der Waals surface area contributed by atoms with Gasteiger partial charge in [-0.3, -0.25) is 9.63 Å². The van der Waals surface area contributed by atoms with Gasteiger partial charge >= 0.3 is 0 Å². The first-order valence-corrected chi connectivity index (χ1v) is 10.9. The van der Waals surface area contributed by atoms with Crippen molar-refractivity contribution in [2.45, 2.75) is 44.7 Å². The average molecular weight is 399 g/mol. The summed E-state index contributed by atoms with van der Waals surface area (Å²) < 4.78 is 0. The lowest BCUT2D eigenvalue weighted by Gasteiger charge is -2.38. The van der Waals surface area contributed by atoms with Crippen molar-refractivity contribution in [3.05, 3.63) is 35.4 Å². The first-order chi connectivity index (χ1) is 14.0. The minimum Gasteiger partial charge on any atom is -0.384 e. The second kappa shape index (κ2) is 8.46. The molecule has 6 heteroatoms. The third-order valence-electron chi connectivity index (χ3n) is 6.21. The van der Waals surface area contributed by atoms with Gasteiger partial charge in [0.25, 0.3) is 5.91 Å². The molecule has 1 amide bonds. The highest BCUT2D eigenvalue weighted by atomic mass is 16.7. The number of nitrogens with one attached hydrogen (secondary N) is 2. The molecule has 0 bridgehead atoms. The van der Waals surface area contributed by atoms with E-state index in [9.17, 15) is 4.79 Å². The van der Waals surface area contributed by atoms with E-state index >= 15 is 0 Å². The molecular weight excluding hydrogens is 364 g/mol. The number of hydroxylamine groups is 2. The van der Waals surface area contributed by atoms with E-state index in [0.29, 0.717) is 25.1 Å². The van der Waals surface area contributed by atoms with Crippen LogP contribution >= 0.6 is 0 Å². The van der Waals surface area contributed by atoms with E-state index in [-0.39, 0.29) is 17.9 Å². The summed E-state index contributed by atoms with van der Waals surface area (Å²) in [6.45, 7) is 7.22. The Morgan fingerprint density at radius 3 is 2.86 bits per heavy atom. The molecule has 158 valence electrons. The van der Waals surface area contributed by atoms with Gasteiger partial charge in [-0.05, 0) is 70.1 Å². The summed E-state index contributed by atoms with van der Waals surface area (Å²) in [4.78, 5) is 21.3. The molecule has 1 aromatic carbocycles. The highest BCUT2D eigenvalue weighted by molar-refractivity contribution is 5.87. The molecule has 2 N–H and O–H groups in total. The van der Waals surface area contributed by atoms with Crippen molar-refractivity contribution < 1.29 is 9.63 Å². The Morgan fingerprint density at radius 1 is 1.28 bits per heavy atom. The van der Waals surface area contributed by atoms with Gasteiger partial charge < -0.3 is 15.5 Å². The van der Waals surface area contributed by atoms with Crippen molar-refractivity contribution in [2.75, 3.05) is 45.7 Å². The predicted molar refractivity (Wildman–Crippen MR) is 117 cm³/mol. The van der Waals surface area contributed by atoms with Crippen LogP contribution in [0.2, 0.25) is 0 Å². The highest BCUT2D eigenvalue weighted by Gasteiger charge is 2.39. The molecule has 4 rings (SSSR count). The van der Waals surface area contributed by atoms with E-state index in [1.165, 1.54) is 22.4 Å². The minimum atomic E-state index is -0.195. The Bertz CT molecular complexity index is 789. The lowest BCUT2D eigenvalue weighted by atomic mass is 9.75. The van der Waals surface area contributed by atoms with Gasteiger partial charge in [-0.1, -0.05) is 18.2 Å². The van der Waals surface area contributed by atoms with E-state index in [4.69, 9.17) is 4.84 Å². The predicted octanol–water partition coefficient (Wildman–Crippen LogP) is 2.69. The maximum atomic E-state index is 13.3. The largest absolute Gasteiger partial charge is 0.384 e. The quantitative estimate of drug-likeness (QED) is 0.546. The van der Waals surface area contributed by atoms with Gasteiger partial charge in [-0.15, -0.1) is 0 Å². The van der Waals surface area contributed by atoms with Crippen LogP contribution in [0, 0.1) is 5.92 Å². The topological polar surface area (TPSA) is 56.8 Å². The molecule has 0 aromatic heterocycles. The molecule has 0 spiro atoms. The SMILES string of the molecule is CC(C)N(OCCCN(C)C)C(=O)[C@@H]1C=C2c3cccc4c3C(CN4)C[C@H]2NC1. The lowest BCUT2D eigenvalue weighted by molar-refractivity contribution is -0.200. The molecule has 29 heavy (non-hydrogen) atoms. The molecule has 0 fully saturated rings. The molecule has 1 unspecified atom stereocenters. The van der Waals surface area contributed by atoms with E-state index in [0.717, 1.165) is 25.9 Å². The van der Waals surface area contributed by atoms with Gasteiger partial charge in [0.15, 0.2) is 0 Å². The second-order valence-corrected chi connectivity index (χ2v) is 9.02. The number of carbonyl (C=O) groups is 1. The smallest absolute Gasteiger partial charge is 0.254 e. The molecule has 0 radical (unpaired) electrons. The Labute approximate surface area is 174 Å². The highest BCUT2D eigenvalue weighted by Crippen LogP contribution is 2.46. The standard InChI is InChI=1S/C23H34N4O2/c1-15(2)27(29-10-6-9-26(3)4)23(28)17-11-19-18-7-5-8-20-22(18)16(13-24-20)12-21(19)25-14-17/h5,7-8,11,15-17,21,24-25H,6,9-10,12-14H2,1-4H3/t16?,17-,21-/m1/s1. The van der Waals surface area contributed by atoms with Gasteiger partial charge in [0.1, 0.15) is 0 Å². The van der Waals surface area contributed by atoms with E-state index in [1.54, 1.807) is 5.06 Å². The lowest BCUT2D eigenvalue weighted by Crippen LogP contribution is -2.48. The van der Waals surface area contributed by atoms with Crippen molar-refractivity contribution in [2.24, 2.45) is 5.92 Å². The second-order valence-electron chi connectivity index (χ2n) is 9.02. The molecule has 3 atom stereocenters. The number of fused-ring (bicyclic) bond motifs is 2. The van der Waals surface area contributed by atoms with Gasteiger partial charge in [0, 0.05) is 30.7 Å². The fourth-order valence-corrected chi connectivity index (χ4v) is 4.82. The minimum absolute atomic E-state index is 0.0129. The zero-order valence-electron chi connectivity index (χ0n) is 18.1. The zero-order valence-corrected chi connectivity index (χ0v) is 18.1. The van der Waals surface area contributed by atoms with Crippen molar-refractivity contribution in [3.8, 4) is 0 Å². The van der Waals surface area contributed by atoms with Crippen LogP contribution in [0.1, 0.15) is 43.7 Å². The Kier molecular flexibility index (Phi) is 5.95. The first kappa shape index (κ1) is 20.4. The van der Waals surface area contributed by atoms with Gasteiger partial charge in [0.05, 0.1) is 18.6 Å². The van der Waals surface area contributed by atoms with E-state index in [2.05, 4.69) is 39.8 Å². The number of anilines is 1. The molecule has 1 aromatic rings. The molecule has 6 nitrogen and oxygen atoms in total. The number of amides is 1. The molecule has 0 saturated heterocycles. The fraction of sp³-hybridized carbons (Fsp3) is 0.609. The number of benzene rings is 1. The Balaban J connectivity index is 1.52. The summed E-state index contributed by atoms with van der Waals surface area (Å²) in [5, 5.41) is 8.78. The van der Waals surface area contributed by atoms with Crippen LogP contribution in [0.15, 0.2) is 24.3 Å². The maximum Gasteiger partial charge on any atom is 0.254 e. The van der Waals surface area contributed by atoms with Crippen LogP contribution in [0.25, 0.3) is 5.57 Å². The third kappa shape index (κ3) is 4.06. The van der Waals surface area contributed by atoms with Crippen molar-refractivity contribution >= 4 is 17.2 Å². The number of hydrogen-bond donors (Lipinski definition) is 2. The number of hydrogen-bond acceptors (Lipinski definition) is 5. The summed E-state index contributed by atoms with van der Waals surface area (Å²) in [6, 6.07) is 6.84. The average Bonchev–Trinajstić information content (AvgIpc) is 3.11. The third-order valence-corrected chi connectivity index (χ3v) is 6.21. The zero-order chi connectivity index (χ0) is 20.5. The number of nitrogens with zero attached hydrogens (tertiary/aromatic N) is 2. The summed E-state index contributed by atoms with van der Waals surface area (Å²) in [5.41, 5.74) is 5.28. The molecule has 3 aliphatic rings. The van der Waals surface area contributed by atoms with Crippen LogP contribution in [0.5, 0.6) is 0 Å². The molecular formula is C23H34N4O2.